The molecule has 0 saturated carbocycles. The molecule has 37 heavy (non-hydrogen) atoms. The number of nitrogens with zero attached hydrogens (tertiary/aromatic N) is 5. The van der Waals surface area contributed by atoms with Gasteiger partial charge in [-0.3, -0.25) is 14.0 Å². The number of fused-ring (bicyclic) bond motifs is 1. The normalized spacial score (nSPS) is 24.0. The van der Waals surface area contributed by atoms with Gasteiger partial charge in [0.1, 0.15) is 17.5 Å². The highest BCUT2D eigenvalue weighted by Crippen LogP contribution is 2.56. The smallest absolute Gasteiger partial charge is 0.281 e. The van der Waals surface area contributed by atoms with Crippen molar-refractivity contribution in [1.29, 1.82) is 0 Å². The second kappa shape index (κ2) is 9.88. The molecule has 0 N–H and O–H groups in total. The Bertz CT molecular complexity index is 1320. The molecular weight excluding hydrogens is 512 g/mol. The molecule has 7 nitrogen and oxygen atoms in total. The topological polar surface area (TPSA) is 69.1 Å². The lowest BCUT2D eigenvalue weighted by Gasteiger charge is -2.47. The van der Waals surface area contributed by atoms with E-state index in [4.69, 9.17) is 21.3 Å². The lowest BCUT2D eigenvalue weighted by Crippen LogP contribution is -2.59. The first-order valence-electron chi connectivity index (χ1n) is 12.3. The van der Waals surface area contributed by atoms with E-state index in [2.05, 4.69) is 32.3 Å². The number of piperazine rings is 1. The van der Waals surface area contributed by atoms with Gasteiger partial charge in [-0.1, -0.05) is 51.1 Å². The summed E-state index contributed by atoms with van der Waals surface area (Å²) in [7, 11) is -3.29. The van der Waals surface area contributed by atoms with Crippen molar-refractivity contribution in [3.05, 3.63) is 59.4 Å². The van der Waals surface area contributed by atoms with E-state index in [0.717, 1.165) is 0 Å². The molecule has 2 aromatic rings. The number of amides is 1. The molecule has 1 saturated heterocycles. The van der Waals surface area contributed by atoms with Crippen LogP contribution in [0.25, 0.3) is 11.3 Å². The van der Waals surface area contributed by atoms with E-state index in [1.807, 2.05) is 13.8 Å². The van der Waals surface area contributed by atoms with E-state index >= 15 is 0 Å². The lowest BCUT2D eigenvalue weighted by atomic mass is 9.96. The summed E-state index contributed by atoms with van der Waals surface area (Å²) in [6, 6.07) is 7.87. The highest BCUT2D eigenvalue weighted by Gasteiger charge is 2.42. The number of benzene rings is 1. The van der Waals surface area contributed by atoms with Gasteiger partial charge < -0.3 is 9.80 Å². The van der Waals surface area contributed by atoms with Gasteiger partial charge in [0, 0.05) is 43.9 Å². The summed E-state index contributed by atoms with van der Waals surface area (Å²) in [5.74, 6) is 0.444. The maximum atomic E-state index is 14.8. The predicted molar refractivity (Wildman–Crippen MR) is 149 cm³/mol. The SMILES string of the molecule is C=CC(=O)N1C[C@H](C)N(C2=N[P@](C)(=O)N(CC(C)(C)C)c3nc(-c4ccccc4F)c(Cl)cc32)C[C@H]1C. The first-order chi connectivity index (χ1) is 17.2. The Morgan fingerprint density at radius 2 is 1.89 bits per heavy atom. The van der Waals surface area contributed by atoms with Crippen LogP contribution in [-0.4, -0.2) is 64.9 Å². The Morgan fingerprint density at radius 1 is 1.22 bits per heavy atom. The largest absolute Gasteiger partial charge is 0.349 e. The van der Waals surface area contributed by atoms with Crippen molar-refractivity contribution >= 4 is 36.6 Å². The fraction of sp³-hybridized carbons (Fsp3) is 0.444. The zero-order valence-electron chi connectivity index (χ0n) is 22.2. The van der Waals surface area contributed by atoms with Gasteiger partial charge >= 0.3 is 0 Å². The van der Waals surface area contributed by atoms with Crippen molar-refractivity contribution < 1.29 is 13.8 Å². The maximum Gasteiger partial charge on any atom is 0.281 e. The number of pyridine rings is 1. The average Bonchev–Trinajstić information content (AvgIpc) is 2.81. The summed E-state index contributed by atoms with van der Waals surface area (Å²) in [4.78, 5) is 21.1. The Labute approximate surface area is 223 Å². The van der Waals surface area contributed by atoms with Gasteiger partial charge in [-0.15, -0.1) is 0 Å². The number of amidine groups is 1. The van der Waals surface area contributed by atoms with Crippen molar-refractivity contribution in [3.63, 3.8) is 0 Å². The average molecular weight is 546 g/mol. The molecule has 0 bridgehead atoms. The molecule has 1 fully saturated rings. The van der Waals surface area contributed by atoms with Gasteiger partial charge in [-0.25, -0.2) is 9.37 Å². The maximum absolute atomic E-state index is 14.8. The number of anilines is 1. The number of hydrogen-bond donors (Lipinski definition) is 0. The van der Waals surface area contributed by atoms with Crippen LogP contribution in [-0.2, 0) is 9.36 Å². The Kier molecular flexibility index (Phi) is 7.30. The molecule has 2 aliphatic heterocycles. The second-order valence-electron chi connectivity index (χ2n) is 11.1. The Hall–Kier alpha value is -2.70. The fourth-order valence-corrected chi connectivity index (χ4v) is 6.98. The molecule has 1 aromatic heterocycles. The highest BCUT2D eigenvalue weighted by molar-refractivity contribution is 7.63. The van der Waals surface area contributed by atoms with E-state index in [1.165, 1.54) is 12.1 Å². The van der Waals surface area contributed by atoms with Gasteiger partial charge in [0.15, 0.2) is 0 Å². The predicted octanol–water partition coefficient (Wildman–Crippen LogP) is 6.08. The molecule has 4 rings (SSSR count). The fourth-order valence-electron chi connectivity index (χ4n) is 4.86. The molecule has 2 aliphatic rings. The Morgan fingerprint density at radius 3 is 2.51 bits per heavy atom. The third kappa shape index (κ3) is 5.32. The quantitative estimate of drug-likeness (QED) is 0.345. The number of carbonyl (C=O) groups is 1. The van der Waals surface area contributed by atoms with Crippen LogP contribution in [0.4, 0.5) is 10.2 Å². The van der Waals surface area contributed by atoms with Crippen molar-refractivity contribution in [2.75, 3.05) is 31.0 Å². The van der Waals surface area contributed by atoms with Crippen LogP contribution in [0.1, 0.15) is 40.2 Å². The lowest BCUT2D eigenvalue weighted by molar-refractivity contribution is -0.130. The summed E-state index contributed by atoms with van der Waals surface area (Å²) < 4.78 is 35.5. The number of halogens is 2. The van der Waals surface area contributed by atoms with Crippen LogP contribution in [0, 0.1) is 11.2 Å². The van der Waals surface area contributed by atoms with Gasteiger partial charge in [0.2, 0.25) is 5.91 Å². The highest BCUT2D eigenvalue weighted by atomic mass is 35.5. The van der Waals surface area contributed by atoms with Gasteiger partial charge in [0.25, 0.3) is 7.44 Å². The molecule has 3 heterocycles. The van der Waals surface area contributed by atoms with Gasteiger partial charge in [0.05, 0.1) is 16.3 Å². The molecule has 3 atom stereocenters. The van der Waals surface area contributed by atoms with Crippen molar-refractivity contribution in [2.24, 2.45) is 10.2 Å². The minimum absolute atomic E-state index is 0.106. The van der Waals surface area contributed by atoms with Crippen molar-refractivity contribution in [2.45, 2.75) is 46.7 Å². The minimum atomic E-state index is -3.29. The molecule has 198 valence electrons. The molecule has 0 aliphatic carbocycles. The van der Waals surface area contributed by atoms with Crippen LogP contribution >= 0.6 is 19.0 Å². The first kappa shape index (κ1) is 27.3. The zero-order chi connectivity index (χ0) is 27.3. The molecule has 0 radical (unpaired) electrons. The summed E-state index contributed by atoms with van der Waals surface area (Å²) in [5, 5.41) is 0.279. The van der Waals surface area contributed by atoms with E-state index in [1.54, 1.807) is 40.5 Å². The van der Waals surface area contributed by atoms with E-state index in [0.29, 0.717) is 42.5 Å². The molecular formula is C27H34ClFN5O2P. The molecule has 0 unspecified atom stereocenters. The third-order valence-electron chi connectivity index (χ3n) is 6.64. The summed E-state index contributed by atoms with van der Waals surface area (Å²) in [6.07, 6.45) is 1.32. The first-order valence-corrected chi connectivity index (χ1v) is 14.8. The van der Waals surface area contributed by atoms with E-state index in [-0.39, 0.29) is 34.0 Å². The monoisotopic (exact) mass is 545 g/mol. The molecule has 10 heteroatoms. The van der Waals surface area contributed by atoms with Gasteiger partial charge in [-0.2, -0.15) is 4.76 Å². The summed E-state index contributed by atoms with van der Waals surface area (Å²) in [6.45, 7) is 16.8. The molecule has 1 aromatic carbocycles. The van der Waals surface area contributed by atoms with Crippen molar-refractivity contribution in [3.8, 4) is 11.3 Å². The Balaban J connectivity index is 1.88. The summed E-state index contributed by atoms with van der Waals surface area (Å²) >= 11 is 6.72. The second-order valence-corrected chi connectivity index (χ2v) is 13.9. The molecule has 1 amide bonds. The molecule has 0 spiro atoms. The van der Waals surface area contributed by atoms with Crippen LogP contribution < -0.4 is 4.67 Å². The van der Waals surface area contributed by atoms with Gasteiger partial charge in [-0.05, 0) is 43.5 Å². The van der Waals surface area contributed by atoms with E-state index < -0.39 is 13.3 Å². The number of carbonyl (C=O) groups excluding carboxylic acids is 1. The van der Waals surface area contributed by atoms with Crippen LogP contribution in [0.5, 0.6) is 0 Å². The number of aromatic nitrogens is 1. The van der Waals surface area contributed by atoms with Crippen LogP contribution in [0.3, 0.4) is 0 Å². The minimum Gasteiger partial charge on any atom is -0.349 e. The number of hydrogen-bond acceptors (Lipinski definition) is 4. The van der Waals surface area contributed by atoms with Crippen LogP contribution in [0.15, 0.2) is 47.7 Å². The zero-order valence-corrected chi connectivity index (χ0v) is 23.9. The third-order valence-corrected chi connectivity index (χ3v) is 8.71. The van der Waals surface area contributed by atoms with Crippen LogP contribution in [0.2, 0.25) is 5.02 Å². The standard InChI is InChI=1S/C27H34ClFN5O2P/c1-8-23(35)32-14-18(3)33(15-17(32)2)26-20-13-21(28)24(19-11-9-10-12-22(19)29)30-25(20)34(16-27(4,5)6)37(7,36)31-26/h8-13,17-18H,1,14-16H2,2-7H3/t17-,18+,37+/m1/s1. The summed E-state index contributed by atoms with van der Waals surface area (Å²) in [5.41, 5.74) is 1.000. The van der Waals surface area contributed by atoms with Crippen molar-refractivity contribution in [1.82, 2.24) is 14.8 Å². The number of rotatable bonds is 3. The van der Waals surface area contributed by atoms with E-state index in [9.17, 15) is 13.8 Å².